The highest BCUT2D eigenvalue weighted by Gasteiger charge is 2.07. The zero-order chi connectivity index (χ0) is 9.26. The Kier molecular flexibility index (Phi) is 2.42. The van der Waals surface area contributed by atoms with E-state index in [9.17, 15) is 0 Å². The van der Waals surface area contributed by atoms with Gasteiger partial charge in [-0.3, -0.25) is 0 Å². The Morgan fingerprint density at radius 2 is 2.46 bits per heavy atom. The summed E-state index contributed by atoms with van der Waals surface area (Å²) in [7, 11) is 0. The molecule has 2 aromatic heterocycles. The second-order valence-corrected chi connectivity index (χ2v) is 4.06. The van der Waals surface area contributed by atoms with Gasteiger partial charge in [0.1, 0.15) is 11.5 Å². The molecule has 0 aliphatic heterocycles. The molecule has 13 heavy (non-hydrogen) atoms. The predicted molar refractivity (Wildman–Crippen MR) is 59.3 cm³/mol. The van der Waals surface area contributed by atoms with Gasteiger partial charge in [0.05, 0.1) is 4.88 Å². The average molecular weight is 210 g/mol. The molecule has 0 radical (unpaired) electrons. The van der Waals surface area contributed by atoms with Crippen LogP contribution in [0.15, 0.2) is 17.5 Å². The molecule has 2 aromatic rings. The molecular formula is C9H10N2S2. The first kappa shape index (κ1) is 8.84. The Labute approximate surface area is 86.4 Å². The normalized spacial score (nSPS) is 10.6. The molecule has 0 unspecified atom stereocenters. The summed E-state index contributed by atoms with van der Waals surface area (Å²) in [6.45, 7) is 2.04. The van der Waals surface area contributed by atoms with Crippen LogP contribution in [0.1, 0.15) is 11.5 Å². The van der Waals surface area contributed by atoms with Crippen molar-refractivity contribution < 1.29 is 0 Å². The molecule has 0 atom stereocenters. The maximum absolute atomic E-state index is 4.45. The topological polar surface area (TPSA) is 28.7 Å². The predicted octanol–water partition coefficient (Wildman–Crippen LogP) is 2.88. The van der Waals surface area contributed by atoms with Gasteiger partial charge in [-0.2, -0.15) is 12.6 Å². The monoisotopic (exact) mass is 210 g/mol. The van der Waals surface area contributed by atoms with Crippen molar-refractivity contribution in [2.45, 2.75) is 12.7 Å². The summed E-state index contributed by atoms with van der Waals surface area (Å²) in [5.74, 6) is 1.59. The lowest BCUT2D eigenvalue weighted by Crippen LogP contribution is -1.78. The molecule has 0 saturated heterocycles. The minimum atomic E-state index is 0.659. The number of nitrogens with one attached hydrogen (secondary N) is 1. The van der Waals surface area contributed by atoms with Gasteiger partial charge in [-0.15, -0.1) is 11.3 Å². The van der Waals surface area contributed by atoms with E-state index in [1.165, 1.54) is 4.88 Å². The maximum atomic E-state index is 4.45. The van der Waals surface area contributed by atoms with Crippen LogP contribution < -0.4 is 0 Å². The second kappa shape index (κ2) is 3.55. The van der Waals surface area contributed by atoms with Crippen LogP contribution in [0, 0.1) is 6.92 Å². The first-order chi connectivity index (χ1) is 6.31. The molecule has 68 valence electrons. The average Bonchev–Trinajstić information content (AvgIpc) is 2.72. The van der Waals surface area contributed by atoms with Gasteiger partial charge in [0.2, 0.25) is 0 Å². The van der Waals surface area contributed by atoms with Crippen LogP contribution in [0.4, 0.5) is 0 Å². The Hall–Kier alpha value is -0.740. The number of thiophene rings is 1. The van der Waals surface area contributed by atoms with E-state index in [0.717, 1.165) is 17.2 Å². The minimum Gasteiger partial charge on any atom is -0.345 e. The van der Waals surface area contributed by atoms with E-state index in [2.05, 4.69) is 34.0 Å². The maximum Gasteiger partial charge on any atom is 0.116 e. The summed E-state index contributed by atoms with van der Waals surface area (Å²) < 4.78 is 0. The third-order valence-electron chi connectivity index (χ3n) is 1.84. The lowest BCUT2D eigenvalue weighted by atomic mass is 10.3. The number of aryl methyl sites for hydroxylation is 1. The van der Waals surface area contributed by atoms with Gasteiger partial charge in [-0.1, -0.05) is 6.07 Å². The molecule has 0 amide bonds. The van der Waals surface area contributed by atoms with E-state index >= 15 is 0 Å². The number of aromatic nitrogens is 2. The summed E-state index contributed by atoms with van der Waals surface area (Å²) in [5.41, 5.74) is 2.17. The summed E-state index contributed by atoms with van der Waals surface area (Å²) in [5, 5.41) is 2.06. The molecule has 2 nitrogen and oxygen atoms in total. The molecule has 0 bridgehead atoms. The third kappa shape index (κ3) is 1.64. The van der Waals surface area contributed by atoms with Gasteiger partial charge < -0.3 is 4.98 Å². The highest BCUT2D eigenvalue weighted by Crippen LogP contribution is 2.25. The molecule has 2 heterocycles. The number of nitrogens with zero attached hydrogens (tertiary/aromatic N) is 1. The molecule has 4 heteroatoms. The fourth-order valence-corrected chi connectivity index (χ4v) is 2.17. The fraction of sp³-hybridized carbons (Fsp3) is 0.222. The first-order valence-corrected chi connectivity index (χ1v) is 5.52. The summed E-state index contributed by atoms with van der Waals surface area (Å²) >= 11 is 5.88. The molecule has 2 rings (SSSR count). The fourth-order valence-electron chi connectivity index (χ4n) is 1.25. The van der Waals surface area contributed by atoms with E-state index in [-0.39, 0.29) is 0 Å². The summed E-state index contributed by atoms with van der Waals surface area (Å²) in [4.78, 5) is 8.86. The van der Waals surface area contributed by atoms with Crippen molar-refractivity contribution >= 4 is 24.0 Å². The van der Waals surface area contributed by atoms with Gasteiger partial charge in [0.25, 0.3) is 0 Å². The molecule has 0 spiro atoms. The molecule has 1 N–H and O–H groups in total. The van der Waals surface area contributed by atoms with E-state index in [1.54, 1.807) is 11.3 Å². The van der Waals surface area contributed by atoms with Crippen molar-refractivity contribution in [2.24, 2.45) is 0 Å². The van der Waals surface area contributed by atoms with Gasteiger partial charge >= 0.3 is 0 Å². The second-order valence-electron chi connectivity index (χ2n) is 2.79. The zero-order valence-electron chi connectivity index (χ0n) is 7.24. The molecule has 0 aromatic carbocycles. The van der Waals surface area contributed by atoms with Crippen molar-refractivity contribution in [1.82, 2.24) is 9.97 Å². The summed E-state index contributed by atoms with van der Waals surface area (Å²) in [6.07, 6.45) is 0. The lowest BCUT2D eigenvalue weighted by molar-refractivity contribution is 1.11. The molecule has 0 fully saturated rings. The number of H-pyrrole nitrogens is 1. The SMILES string of the molecule is Cc1[nH]c(CS)nc1-c1cccs1. The van der Waals surface area contributed by atoms with Crippen LogP contribution in [0.2, 0.25) is 0 Å². The van der Waals surface area contributed by atoms with Gasteiger partial charge in [-0.25, -0.2) is 4.98 Å². The lowest BCUT2D eigenvalue weighted by Gasteiger charge is -1.90. The Bertz CT molecular complexity index is 390. The van der Waals surface area contributed by atoms with Crippen molar-refractivity contribution in [1.29, 1.82) is 0 Å². The third-order valence-corrected chi connectivity index (χ3v) is 3.01. The number of aromatic amines is 1. The van der Waals surface area contributed by atoms with E-state index < -0.39 is 0 Å². The van der Waals surface area contributed by atoms with Crippen molar-refractivity contribution in [3.8, 4) is 10.6 Å². The molecule has 0 aliphatic rings. The Balaban J connectivity index is 2.46. The largest absolute Gasteiger partial charge is 0.345 e. The van der Waals surface area contributed by atoms with Gasteiger partial charge in [0, 0.05) is 11.4 Å². The van der Waals surface area contributed by atoms with Crippen molar-refractivity contribution in [3.63, 3.8) is 0 Å². The number of hydrogen-bond acceptors (Lipinski definition) is 3. The van der Waals surface area contributed by atoms with Crippen LogP contribution in [0.3, 0.4) is 0 Å². The van der Waals surface area contributed by atoms with Crippen LogP contribution in [-0.2, 0) is 5.75 Å². The van der Waals surface area contributed by atoms with Gasteiger partial charge in [-0.05, 0) is 18.4 Å². The van der Waals surface area contributed by atoms with Crippen LogP contribution in [0.5, 0.6) is 0 Å². The minimum absolute atomic E-state index is 0.659. The van der Waals surface area contributed by atoms with E-state index in [1.807, 2.05) is 13.0 Å². The Morgan fingerprint density at radius 3 is 3.00 bits per heavy atom. The van der Waals surface area contributed by atoms with Gasteiger partial charge in [0.15, 0.2) is 0 Å². The number of hydrogen-bond donors (Lipinski definition) is 2. The Morgan fingerprint density at radius 1 is 1.62 bits per heavy atom. The smallest absolute Gasteiger partial charge is 0.116 e. The van der Waals surface area contributed by atoms with Crippen molar-refractivity contribution in [2.75, 3.05) is 0 Å². The molecule has 0 saturated carbocycles. The molecular weight excluding hydrogens is 200 g/mol. The van der Waals surface area contributed by atoms with Crippen LogP contribution in [0.25, 0.3) is 10.6 Å². The zero-order valence-corrected chi connectivity index (χ0v) is 8.95. The number of imidazole rings is 1. The number of rotatable bonds is 2. The number of thiol groups is 1. The first-order valence-electron chi connectivity index (χ1n) is 4.01. The highest BCUT2D eigenvalue weighted by atomic mass is 32.1. The van der Waals surface area contributed by atoms with E-state index in [4.69, 9.17) is 0 Å². The quantitative estimate of drug-likeness (QED) is 0.733. The van der Waals surface area contributed by atoms with Crippen LogP contribution >= 0.6 is 24.0 Å². The van der Waals surface area contributed by atoms with E-state index in [0.29, 0.717) is 5.75 Å². The summed E-state index contributed by atoms with van der Waals surface area (Å²) in [6, 6.07) is 4.12. The van der Waals surface area contributed by atoms with Crippen molar-refractivity contribution in [3.05, 3.63) is 29.0 Å². The van der Waals surface area contributed by atoms with Crippen LogP contribution in [-0.4, -0.2) is 9.97 Å². The molecule has 0 aliphatic carbocycles. The highest BCUT2D eigenvalue weighted by molar-refractivity contribution is 7.79. The standard InChI is InChI=1S/C9H10N2S2/c1-6-9(7-3-2-4-13-7)11-8(5-12)10-6/h2-4,12H,5H2,1H3,(H,10,11).